The van der Waals surface area contributed by atoms with Gasteiger partial charge in [-0.3, -0.25) is 0 Å². The van der Waals surface area contributed by atoms with Gasteiger partial charge in [0.2, 0.25) is 0 Å². The van der Waals surface area contributed by atoms with E-state index in [2.05, 4.69) is 10.3 Å². The molecular weight excluding hydrogens is 192 g/mol. The smallest absolute Gasteiger partial charge is 0.184 e. The first kappa shape index (κ1) is 7.83. The summed E-state index contributed by atoms with van der Waals surface area (Å²) in [5.74, 6) is 0. The maximum absolute atomic E-state index is 5.77. The van der Waals surface area contributed by atoms with E-state index in [4.69, 9.17) is 11.6 Å². The second kappa shape index (κ2) is 2.92. The minimum atomic E-state index is 0.596. The van der Waals surface area contributed by atoms with Crippen LogP contribution in [0.25, 0.3) is 10.2 Å². The number of halogens is 1. The molecule has 1 N–H and O–H groups in total. The molecule has 0 saturated carbocycles. The Hall–Kier alpha value is -0.800. The molecule has 1 heterocycles. The molecule has 12 heavy (non-hydrogen) atoms. The van der Waals surface area contributed by atoms with Gasteiger partial charge in [0.25, 0.3) is 0 Å². The van der Waals surface area contributed by atoms with Crippen molar-refractivity contribution in [3.63, 3.8) is 0 Å². The van der Waals surface area contributed by atoms with Crippen LogP contribution in [-0.2, 0) is 0 Å². The molecule has 0 aliphatic rings. The van der Waals surface area contributed by atoms with E-state index in [0.717, 1.165) is 15.9 Å². The number of hydrogen-bond donors (Lipinski definition) is 1. The Bertz CT molecular complexity index is 410. The first-order chi connectivity index (χ1) is 5.79. The summed E-state index contributed by atoms with van der Waals surface area (Å²) in [4.78, 5) is 4.14. The standard InChI is InChI=1S/C8H7ClN2S/c1-10-5-2-3-6-7(4-5)12-8(9)11-6/h2-4,10H,1H3. The second-order valence-corrected chi connectivity index (χ2v) is 4.01. The van der Waals surface area contributed by atoms with Crippen molar-refractivity contribution in [1.29, 1.82) is 0 Å². The number of anilines is 1. The number of rotatable bonds is 1. The SMILES string of the molecule is CNc1ccc2nc(Cl)sc2c1. The molecule has 2 rings (SSSR count). The van der Waals surface area contributed by atoms with Gasteiger partial charge in [-0.05, 0) is 18.2 Å². The van der Waals surface area contributed by atoms with Crippen molar-refractivity contribution in [1.82, 2.24) is 4.98 Å². The number of benzene rings is 1. The van der Waals surface area contributed by atoms with Gasteiger partial charge in [0.1, 0.15) is 0 Å². The van der Waals surface area contributed by atoms with Crippen molar-refractivity contribution in [2.45, 2.75) is 0 Å². The molecule has 0 saturated heterocycles. The predicted molar refractivity (Wildman–Crippen MR) is 54.2 cm³/mol. The minimum absolute atomic E-state index is 0.596. The maximum atomic E-state index is 5.77. The molecule has 0 fully saturated rings. The molecule has 0 radical (unpaired) electrons. The highest BCUT2D eigenvalue weighted by Crippen LogP contribution is 2.27. The number of nitrogens with one attached hydrogen (secondary N) is 1. The summed E-state index contributed by atoms with van der Waals surface area (Å²) in [6.45, 7) is 0. The lowest BCUT2D eigenvalue weighted by Crippen LogP contribution is -1.85. The van der Waals surface area contributed by atoms with Crippen LogP contribution >= 0.6 is 22.9 Å². The van der Waals surface area contributed by atoms with E-state index in [0.29, 0.717) is 4.47 Å². The van der Waals surface area contributed by atoms with Gasteiger partial charge < -0.3 is 5.32 Å². The van der Waals surface area contributed by atoms with Crippen molar-refractivity contribution in [2.75, 3.05) is 12.4 Å². The van der Waals surface area contributed by atoms with Crippen molar-refractivity contribution in [2.24, 2.45) is 0 Å². The molecular formula is C8H7ClN2S. The average molecular weight is 199 g/mol. The normalized spacial score (nSPS) is 10.5. The largest absolute Gasteiger partial charge is 0.388 e. The van der Waals surface area contributed by atoms with Gasteiger partial charge in [0.05, 0.1) is 10.2 Å². The molecule has 0 atom stereocenters. The van der Waals surface area contributed by atoms with E-state index in [1.54, 1.807) is 0 Å². The van der Waals surface area contributed by atoms with Crippen LogP contribution in [0.1, 0.15) is 0 Å². The van der Waals surface area contributed by atoms with Crippen molar-refractivity contribution >= 4 is 38.8 Å². The van der Waals surface area contributed by atoms with Gasteiger partial charge in [-0.25, -0.2) is 4.98 Å². The Morgan fingerprint density at radius 3 is 3.08 bits per heavy atom. The second-order valence-electron chi connectivity index (χ2n) is 2.40. The molecule has 1 aromatic carbocycles. The number of hydrogen-bond acceptors (Lipinski definition) is 3. The molecule has 2 nitrogen and oxygen atoms in total. The van der Waals surface area contributed by atoms with Gasteiger partial charge in [0.15, 0.2) is 4.47 Å². The summed E-state index contributed by atoms with van der Waals surface area (Å²) in [7, 11) is 1.89. The summed E-state index contributed by atoms with van der Waals surface area (Å²) in [6, 6.07) is 5.99. The Morgan fingerprint density at radius 1 is 1.50 bits per heavy atom. The number of nitrogens with zero attached hydrogens (tertiary/aromatic N) is 1. The zero-order chi connectivity index (χ0) is 8.55. The molecule has 0 unspecified atom stereocenters. The fraction of sp³-hybridized carbons (Fsp3) is 0.125. The Balaban J connectivity index is 2.66. The highest BCUT2D eigenvalue weighted by Gasteiger charge is 2.00. The molecule has 0 bridgehead atoms. The van der Waals surface area contributed by atoms with Crippen LogP contribution in [0.5, 0.6) is 0 Å². The van der Waals surface area contributed by atoms with Gasteiger partial charge in [-0.15, -0.1) is 11.3 Å². The monoisotopic (exact) mass is 198 g/mol. The molecule has 0 spiro atoms. The van der Waals surface area contributed by atoms with Gasteiger partial charge in [0, 0.05) is 12.7 Å². The van der Waals surface area contributed by atoms with Gasteiger partial charge >= 0.3 is 0 Å². The topological polar surface area (TPSA) is 24.9 Å². The minimum Gasteiger partial charge on any atom is -0.388 e. The van der Waals surface area contributed by atoms with Crippen LogP contribution in [0.3, 0.4) is 0 Å². The van der Waals surface area contributed by atoms with E-state index < -0.39 is 0 Å². The molecule has 0 aliphatic carbocycles. The van der Waals surface area contributed by atoms with Crippen LogP contribution in [-0.4, -0.2) is 12.0 Å². The lowest BCUT2D eigenvalue weighted by Gasteiger charge is -1.96. The summed E-state index contributed by atoms with van der Waals surface area (Å²) in [5, 5.41) is 3.06. The number of thiazole rings is 1. The Morgan fingerprint density at radius 2 is 2.33 bits per heavy atom. The van der Waals surface area contributed by atoms with E-state index in [9.17, 15) is 0 Å². The molecule has 62 valence electrons. The van der Waals surface area contributed by atoms with Crippen molar-refractivity contribution < 1.29 is 0 Å². The van der Waals surface area contributed by atoms with E-state index in [1.165, 1.54) is 11.3 Å². The summed E-state index contributed by atoms with van der Waals surface area (Å²) >= 11 is 7.26. The van der Waals surface area contributed by atoms with Crippen LogP contribution in [0, 0.1) is 0 Å². The third-order valence-corrected chi connectivity index (χ3v) is 2.77. The summed E-state index contributed by atoms with van der Waals surface area (Å²) in [6.07, 6.45) is 0. The highest BCUT2D eigenvalue weighted by atomic mass is 35.5. The number of aromatic nitrogens is 1. The highest BCUT2D eigenvalue weighted by molar-refractivity contribution is 7.22. The lowest BCUT2D eigenvalue weighted by molar-refractivity contribution is 1.48. The summed E-state index contributed by atoms with van der Waals surface area (Å²) in [5.41, 5.74) is 2.05. The zero-order valence-corrected chi connectivity index (χ0v) is 8.04. The Labute approximate surface area is 79.2 Å². The predicted octanol–water partition coefficient (Wildman–Crippen LogP) is 2.99. The van der Waals surface area contributed by atoms with Crippen molar-refractivity contribution in [3.05, 3.63) is 22.7 Å². The lowest BCUT2D eigenvalue weighted by atomic mass is 10.3. The van der Waals surface area contributed by atoms with Gasteiger partial charge in [-0.2, -0.15) is 0 Å². The van der Waals surface area contributed by atoms with Crippen LogP contribution in [0.15, 0.2) is 18.2 Å². The third kappa shape index (κ3) is 1.26. The first-order valence-corrected chi connectivity index (χ1v) is 4.73. The van der Waals surface area contributed by atoms with E-state index >= 15 is 0 Å². The molecule has 0 amide bonds. The van der Waals surface area contributed by atoms with Crippen LogP contribution in [0.2, 0.25) is 4.47 Å². The Kier molecular flexibility index (Phi) is 1.90. The molecule has 1 aromatic heterocycles. The van der Waals surface area contributed by atoms with Crippen LogP contribution < -0.4 is 5.32 Å². The number of fused-ring (bicyclic) bond motifs is 1. The van der Waals surface area contributed by atoms with E-state index in [-0.39, 0.29) is 0 Å². The fourth-order valence-corrected chi connectivity index (χ4v) is 2.12. The van der Waals surface area contributed by atoms with Crippen LogP contribution in [0.4, 0.5) is 5.69 Å². The fourth-order valence-electron chi connectivity index (χ4n) is 1.05. The van der Waals surface area contributed by atoms with E-state index in [1.807, 2.05) is 25.2 Å². The maximum Gasteiger partial charge on any atom is 0.184 e. The molecule has 0 aliphatic heterocycles. The first-order valence-electron chi connectivity index (χ1n) is 3.53. The zero-order valence-electron chi connectivity index (χ0n) is 6.47. The quantitative estimate of drug-likeness (QED) is 0.762. The summed E-state index contributed by atoms with van der Waals surface area (Å²) < 4.78 is 1.71. The molecule has 2 aromatic rings. The average Bonchev–Trinajstić information content (AvgIpc) is 2.43. The third-order valence-electron chi connectivity index (χ3n) is 1.65. The molecule has 4 heteroatoms. The van der Waals surface area contributed by atoms with Gasteiger partial charge in [-0.1, -0.05) is 11.6 Å². The van der Waals surface area contributed by atoms with Crippen molar-refractivity contribution in [3.8, 4) is 0 Å².